The van der Waals surface area contributed by atoms with Crippen molar-refractivity contribution >= 4 is 12.0 Å². The van der Waals surface area contributed by atoms with Gasteiger partial charge in [-0.3, -0.25) is 4.79 Å². The molecule has 110 valence electrons. The Kier molecular flexibility index (Phi) is 14.7. The molecule has 0 spiro atoms. The van der Waals surface area contributed by atoms with Crippen LogP contribution in [0.4, 0.5) is 4.79 Å². The van der Waals surface area contributed by atoms with Crippen LogP contribution in [-0.2, 0) is 9.53 Å². The highest BCUT2D eigenvalue weighted by Crippen LogP contribution is 2.00. The molecule has 0 aliphatic heterocycles. The molecule has 0 aromatic rings. The van der Waals surface area contributed by atoms with Gasteiger partial charge in [0.15, 0.2) is 0 Å². The second kappa shape index (κ2) is 14.3. The maximum Gasteiger partial charge on any atom is 0.407 e. The Morgan fingerprint density at radius 2 is 1.84 bits per heavy atom. The van der Waals surface area contributed by atoms with E-state index in [9.17, 15) is 9.59 Å². The first-order valence-electron chi connectivity index (χ1n) is 6.52. The van der Waals surface area contributed by atoms with Crippen LogP contribution < -0.4 is 11.1 Å². The molecule has 3 N–H and O–H groups in total. The number of carbonyl (C=O) groups excluding carboxylic acids is 2. The highest BCUT2D eigenvalue weighted by Gasteiger charge is 2.03. The minimum Gasteiger partial charge on any atom is -0.445 e. The highest BCUT2D eigenvalue weighted by atomic mass is 16.5. The van der Waals surface area contributed by atoms with E-state index in [1.165, 1.54) is 6.42 Å². The summed E-state index contributed by atoms with van der Waals surface area (Å²) in [7, 11) is 0. The van der Waals surface area contributed by atoms with E-state index in [-0.39, 0.29) is 13.2 Å². The monoisotopic (exact) mass is 270 g/mol. The summed E-state index contributed by atoms with van der Waals surface area (Å²) >= 11 is 0. The largest absolute Gasteiger partial charge is 0.445 e. The molecular weight excluding hydrogens is 244 g/mol. The third-order valence-electron chi connectivity index (χ3n) is 1.62. The first-order valence-corrected chi connectivity index (χ1v) is 6.52. The van der Waals surface area contributed by atoms with Crippen molar-refractivity contribution in [1.82, 2.24) is 5.32 Å². The lowest BCUT2D eigenvalue weighted by molar-refractivity contribution is -0.117. The fourth-order valence-electron chi connectivity index (χ4n) is 1.01. The van der Waals surface area contributed by atoms with Crippen LogP contribution in [-0.4, -0.2) is 25.2 Å². The zero-order valence-electron chi connectivity index (χ0n) is 12.4. The third kappa shape index (κ3) is 16.2. The molecule has 0 aliphatic carbocycles. The fraction of sp³-hybridized carbons (Fsp3) is 0.571. The van der Waals surface area contributed by atoms with Crippen molar-refractivity contribution in [1.29, 1.82) is 0 Å². The number of allylic oxidation sites excluding steroid dienone is 2. The van der Waals surface area contributed by atoms with Crippen molar-refractivity contribution in [2.24, 2.45) is 5.73 Å². The third-order valence-corrected chi connectivity index (χ3v) is 1.62. The van der Waals surface area contributed by atoms with Gasteiger partial charge in [0.25, 0.3) is 0 Å². The number of hydrogen-bond acceptors (Lipinski definition) is 3. The van der Waals surface area contributed by atoms with Crippen molar-refractivity contribution in [3.8, 4) is 0 Å². The van der Waals surface area contributed by atoms with Gasteiger partial charge >= 0.3 is 6.09 Å². The maximum absolute atomic E-state index is 11.1. The van der Waals surface area contributed by atoms with E-state index in [2.05, 4.69) is 19.2 Å². The van der Waals surface area contributed by atoms with Gasteiger partial charge in [0.05, 0.1) is 6.54 Å². The lowest BCUT2D eigenvalue weighted by atomic mass is 10.2. The summed E-state index contributed by atoms with van der Waals surface area (Å²) in [4.78, 5) is 21.4. The van der Waals surface area contributed by atoms with Crippen molar-refractivity contribution in [3.63, 3.8) is 0 Å². The predicted molar refractivity (Wildman–Crippen MR) is 77.7 cm³/mol. The van der Waals surface area contributed by atoms with Crippen molar-refractivity contribution < 1.29 is 14.3 Å². The van der Waals surface area contributed by atoms with Gasteiger partial charge in [0, 0.05) is 0 Å². The Morgan fingerprint density at radius 3 is 2.26 bits per heavy atom. The van der Waals surface area contributed by atoms with E-state index in [1.807, 2.05) is 32.1 Å². The molecule has 5 nitrogen and oxygen atoms in total. The van der Waals surface area contributed by atoms with E-state index in [1.54, 1.807) is 0 Å². The van der Waals surface area contributed by atoms with Gasteiger partial charge in [-0.2, -0.15) is 0 Å². The maximum atomic E-state index is 11.1. The van der Waals surface area contributed by atoms with E-state index >= 15 is 0 Å². The number of amides is 2. The molecule has 0 unspecified atom stereocenters. The molecule has 0 heterocycles. The van der Waals surface area contributed by atoms with Gasteiger partial charge in [-0.25, -0.2) is 4.79 Å². The lowest BCUT2D eigenvalue weighted by Gasteiger charge is -2.06. The Labute approximate surface area is 115 Å². The zero-order chi connectivity index (χ0) is 15.1. The van der Waals surface area contributed by atoms with E-state index < -0.39 is 12.0 Å². The normalized spacial score (nSPS) is 10.6. The van der Waals surface area contributed by atoms with Crippen LogP contribution in [0.2, 0.25) is 0 Å². The fourth-order valence-corrected chi connectivity index (χ4v) is 1.01. The molecule has 5 heteroatoms. The second-order valence-electron chi connectivity index (χ2n) is 3.79. The van der Waals surface area contributed by atoms with Crippen LogP contribution >= 0.6 is 0 Å². The number of nitrogens with one attached hydrogen (secondary N) is 1. The van der Waals surface area contributed by atoms with Gasteiger partial charge in [0.1, 0.15) is 6.61 Å². The van der Waals surface area contributed by atoms with Crippen LogP contribution in [0.5, 0.6) is 0 Å². The van der Waals surface area contributed by atoms with Gasteiger partial charge in [0.2, 0.25) is 5.91 Å². The summed E-state index contributed by atoms with van der Waals surface area (Å²) in [6.07, 6.45) is 7.16. The Bertz CT molecular complexity index is 310. The summed E-state index contributed by atoms with van der Waals surface area (Å²) in [5, 5.41) is 2.23. The zero-order valence-corrected chi connectivity index (χ0v) is 12.4. The molecule has 0 radical (unpaired) electrons. The number of hydrogen-bond donors (Lipinski definition) is 2. The summed E-state index contributed by atoms with van der Waals surface area (Å²) < 4.78 is 4.88. The summed E-state index contributed by atoms with van der Waals surface area (Å²) in [6.45, 7) is 8.10. The number of primary amides is 1. The summed E-state index contributed by atoms with van der Waals surface area (Å²) in [5.74, 6) is -0.602. The van der Waals surface area contributed by atoms with Gasteiger partial charge in [-0.15, -0.1) is 0 Å². The van der Waals surface area contributed by atoms with Gasteiger partial charge < -0.3 is 15.8 Å². The minimum atomic E-state index is -0.648. The second-order valence-corrected chi connectivity index (χ2v) is 3.79. The molecule has 0 aromatic carbocycles. The van der Waals surface area contributed by atoms with Gasteiger partial charge in [-0.1, -0.05) is 45.4 Å². The lowest BCUT2D eigenvalue weighted by Crippen LogP contribution is -2.33. The quantitative estimate of drug-likeness (QED) is 0.728. The molecule has 0 saturated carbocycles. The molecule has 0 fully saturated rings. The van der Waals surface area contributed by atoms with Crippen LogP contribution in [0.3, 0.4) is 0 Å². The SMILES string of the molecule is C/C=C\C(=C/CC)COC(=O)NCC(N)=O.CCC. The Hall–Kier alpha value is -1.78. The smallest absolute Gasteiger partial charge is 0.407 e. The highest BCUT2D eigenvalue weighted by molar-refractivity contribution is 5.80. The number of nitrogens with two attached hydrogens (primary N) is 1. The molecule has 0 aliphatic rings. The van der Waals surface area contributed by atoms with Crippen molar-refractivity contribution in [3.05, 3.63) is 23.8 Å². The molecule has 0 bridgehead atoms. The van der Waals surface area contributed by atoms with Crippen LogP contribution in [0, 0.1) is 0 Å². The first-order chi connectivity index (χ1) is 9.01. The van der Waals surface area contributed by atoms with Crippen LogP contribution in [0.15, 0.2) is 23.8 Å². The Balaban J connectivity index is 0. The standard InChI is InChI=1S/C11H18N2O3.C3H8/c1-3-5-9(6-4-2)8-16-11(15)13-7-10(12)14;1-3-2/h3,5-6H,4,7-8H2,1-2H3,(H2,12,14)(H,13,15);3H2,1-2H3/b5-3-,9-6+;. The molecule has 19 heavy (non-hydrogen) atoms. The molecule has 0 atom stereocenters. The van der Waals surface area contributed by atoms with E-state index in [0.717, 1.165) is 12.0 Å². The first kappa shape index (κ1) is 19.6. The average molecular weight is 270 g/mol. The molecule has 0 aromatic heterocycles. The predicted octanol–water partition coefficient (Wildman–Crippen LogP) is 2.53. The summed E-state index contributed by atoms with van der Waals surface area (Å²) in [5.41, 5.74) is 5.78. The average Bonchev–Trinajstić information content (AvgIpc) is 2.35. The number of carbonyl (C=O) groups is 2. The molecule has 0 saturated heterocycles. The number of rotatable bonds is 6. The van der Waals surface area contributed by atoms with E-state index in [4.69, 9.17) is 10.5 Å². The van der Waals surface area contributed by atoms with Gasteiger partial charge in [-0.05, 0) is 18.9 Å². The summed E-state index contributed by atoms with van der Waals surface area (Å²) in [6, 6.07) is 0. The van der Waals surface area contributed by atoms with Crippen LogP contribution in [0.25, 0.3) is 0 Å². The van der Waals surface area contributed by atoms with Crippen LogP contribution in [0.1, 0.15) is 40.5 Å². The Morgan fingerprint density at radius 1 is 1.26 bits per heavy atom. The van der Waals surface area contributed by atoms with Crippen molar-refractivity contribution in [2.45, 2.75) is 40.5 Å². The molecule has 0 rings (SSSR count). The molecular formula is C14H26N2O3. The number of ether oxygens (including phenoxy) is 1. The molecule has 2 amide bonds. The van der Waals surface area contributed by atoms with E-state index in [0.29, 0.717) is 0 Å². The minimum absolute atomic E-state index is 0.183. The number of alkyl carbamates (subject to hydrolysis) is 1. The topological polar surface area (TPSA) is 81.4 Å². The van der Waals surface area contributed by atoms with Crippen molar-refractivity contribution in [2.75, 3.05) is 13.2 Å².